The maximum atomic E-state index is 11.9. The maximum absolute atomic E-state index is 11.9. The molecule has 4 nitrogen and oxygen atoms in total. The van der Waals surface area contributed by atoms with Gasteiger partial charge in [-0.1, -0.05) is 15.9 Å². The molecule has 0 amide bonds. The highest BCUT2D eigenvalue weighted by Gasteiger charge is 2.28. The lowest BCUT2D eigenvalue weighted by Crippen LogP contribution is -2.39. The Balaban J connectivity index is 2.16. The number of halogens is 1. The van der Waals surface area contributed by atoms with Gasteiger partial charge in [-0.2, -0.15) is 0 Å². The van der Waals surface area contributed by atoms with Crippen molar-refractivity contribution in [2.45, 2.75) is 19.8 Å². The summed E-state index contributed by atoms with van der Waals surface area (Å²) in [6, 6.07) is 5.93. The minimum Gasteiger partial charge on any atom is -0.495 e. The summed E-state index contributed by atoms with van der Waals surface area (Å²) in [5, 5.41) is 0. The van der Waals surface area contributed by atoms with Crippen molar-refractivity contribution in [3.05, 3.63) is 22.7 Å². The van der Waals surface area contributed by atoms with Crippen LogP contribution in [-0.2, 0) is 9.53 Å². The van der Waals surface area contributed by atoms with Crippen LogP contribution in [0.15, 0.2) is 22.7 Å². The van der Waals surface area contributed by atoms with Crippen LogP contribution in [0.2, 0.25) is 0 Å². The zero-order chi connectivity index (χ0) is 14.5. The molecular formula is C15H20BrNO3. The fourth-order valence-electron chi connectivity index (χ4n) is 2.56. The predicted octanol–water partition coefficient (Wildman–Crippen LogP) is 3.24. The number of benzene rings is 1. The number of piperidine rings is 1. The number of anilines is 1. The maximum Gasteiger partial charge on any atom is 0.310 e. The molecule has 2 rings (SSSR count). The summed E-state index contributed by atoms with van der Waals surface area (Å²) in [6.45, 7) is 3.90. The molecule has 1 aromatic rings. The van der Waals surface area contributed by atoms with Crippen LogP contribution < -0.4 is 9.64 Å². The van der Waals surface area contributed by atoms with Gasteiger partial charge in [0.1, 0.15) is 5.75 Å². The van der Waals surface area contributed by atoms with E-state index < -0.39 is 0 Å². The Morgan fingerprint density at radius 2 is 2.30 bits per heavy atom. The summed E-state index contributed by atoms with van der Waals surface area (Å²) < 4.78 is 11.6. The Bertz CT molecular complexity index is 478. The van der Waals surface area contributed by atoms with Gasteiger partial charge in [-0.3, -0.25) is 4.79 Å². The van der Waals surface area contributed by atoms with Gasteiger partial charge in [0.25, 0.3) is 0 Å². The van der Waals surface area contributed by atoms with E-state index in [9.17, 15) is 4.79 Å². The first kappa shape index (κ1) is 15.2. The monoisotopic (exact) mass is 341 g/mol. The molecule has 20 heavy (non-hydrogen) atoms. The van der Waals surface area contributed by atoms with Gasteiger partial charge < -0.3 is 14.4 Å². The SMILES string of the molecule is CCOC(=O)[C@@H]1CCCN(c2cc(Br)ccc2OC)C1. The van der Waals surface area contributed by atoms with Crippen LogP contribution in [0.3, 0.4) is 0 Å². The molecule has 0 unspecified atom stereocenters. The smallest absolute Gasteiger partial charge is 0.310 e. The highest BCUT2D eigenvalue weighted by molar-refractivity contribution is 9.10. The molecular weight excluding hydrogens is 322 g/mol. The van der Waals surface area contributed by atoms with E-state index in [4.69, 9.17) is 9.47 Å². The second-order valence-electron chi connectivity index (χ2n) is 4.85. The van der Waals surface area contributed by atoms with Crippen LogP contribution >= 0.6 is 15.9 Å². The Kier molecular flexibility index (Phi) is 5.29. The van der Waals surface area contributed by atoms with Crippen LogP contribution in [0.5, 0.6) is 5.75 Å². The number of methoxy groups -OCH3 is 1. The third-order valence-corrected chi connectivity index (χ3v) is 4.02. The number of rotatable bonds is 4. The van der Waals surface area contributed by atoms with Crippen molar-refractivity contribution >= 4 is 27.6 Å². The van der Waals surface area contributed by atoms with E-state index >= 15 is 0 Å². The number of hydrogen-bond donors (Lipinski definition) is 0. The molecule has 5 heteroatoms. The molecule has 1 heterocycles. The van der Waals surface area contributed by atoms with Gasteiger partial charge in [0, 0.05) is 17.6 Å². The van der Waals surface area contributed by atoms with E-state index in [1.54, 1.807) is 7.11 Å². The van der Waals surface area contributed by atoms with Crippen molar-refractivity contribution in [2.24, 2.45) is 5.92 Å². The zero-order valence-electron chi connectivity index (χ0n) is 11.9. The number of ether oxygens (including phenoxy) is 2. The average Bonchev–Trinajstić information content (AvgIpc) is 2.47. The fourth-order valence-corrected chi connectivity index (χ4v) is 2.91. The van der Waals surface area contributed by atoms with Crippen molar-refractivity contribution in [3.63, 3.8) is 0 Å². The molecule has 0 aromatic heterocycles. The van der Waals surface area contributed by atoms with Crippen molar-refractivity contribution in [1.29, 1.82) is 0 Å². The van der Waals surface area contributed by atoms with Crippen LogP contribution in [0, 0.1) is 5.92 Å². The number of esters is 1. The normalized spacial score (nSPS) is 18.8. The molecule has 0 saturated carbocycles. The molecule has 1 fully saturated rings. The lowest BCUT2D eigenvalue weighted by Gasteiger charge is -2.34. The average molecular weight is 342 g/mol. The first-order chi connectivity index (χ1) is 9.65. The van der Waals surface area contributed by atoms with Crippen molar-refractivity contribution in [3.8, 4) is 5.75 Å². The summed E-state index contributed by atoms with van der Waals surface area (Å²) in [5.41, 5.74) is 1.02. The second kappa shape index (κ2) is 6.97. The molecule has 0 N–H and O–H groups in total. The van der Waals surface area contributed by atoms with Gasteiger partial charge >= 0.3 is 5.97 Å². The molecule has 0 spiro atoms. The lowest BCUT2D eigenvalue weighted by molar-refractivity contribution is -0.148. The molecule has 1 atom stereocenters. The van der Waals surface area contributed by atoms with E-state index in [0.717, 1.165) is 35.3 Å². The second-order valence-corrected chi connectivity index (χ2v) is 5.77. The molecule has 0 radical (unpaired) electrons. The van der Waals surface area contributed by atoms with Crippen molar-refractivity contribution < 1.29 is 14.3 Å². The first-order valence-electron chi connectivity index (χ1n) is 6.90. The lowest BCUT2D eigenvalue weighted by atomic mass is 9.97. The number of carbonyl (C=O) groups is 1. The highest BCUT2D eigenvalue weighted by Crippen LogP contribution is 2.34. The first-order valence-corrected chi connectivity index (χ1v) is 7.70. The summed E-state index contributed by atoms with van der Waals surface area (Å²) in [5.74, 6) is 0.691. The highest BCUT2D eigenvalue weighted by atomic mass is 79.9. The van der Waals surface area contributed by atoms with Crippen LogP contribution in [-0.4, -0.2) is 32.8 Å². The number of nitrogens with zero attached hydrogens (tertiary/aromatic N) is 1. The minimum atomic E-state index is -0.0915. The van der Waals surface area contributed by atoms with Gasteiger partial charge in [-0.15, -0.1) is 0 Å². The van der Waals surface area contributed by atoms with Crippen molar-refractivity contribution in [2.75, 3.05) is 31.7 Å². The predicted molar refractivity (Wildman–Crippen MR) is 82.3 cm³/mol. The Labute approximate surface area is 128 Å². The van der Waals surface area contributed by atoms with E-state index in [2.05, 4.69) is 20.8 Å². The van der Waals surface area contributed by atoms with Gasteiger partial charge in [0.05, 0.1) is 25.3 Å². The summed E-state index contributed by atoms with van der Waals surface area (Å²) in [7, 11) is 1.67. The Hall–Kier alpha value is -1.23. The standard InChI is InChI=1S/C15H20BrNO3/c1-3-20-15(18)11-5-4-8-17(10-11)13-9-12(16)6-7-14(13)19-2/h6-7,9,11H,3-5,8,10H2,1-2H3/t11-/m1/s1. The van der Waals surface area contributed by atoms with E-state index in [1.165, 1.54) is 0 Å². The van der Waals surface area contributed by atoms with Crippen LogP contribution in [0.4, 0.5) is 5.69 Å². The molecule has 1 aliphatic heterocycles. The molecule has 110 valence electrons. The summed E-state index contributed by atoms with van der Waals surface area (Å²) >= 11 is 3.49. The van der Waals surface area contributed by atoms with Gasteiger partial charge in [-0.25, -0.2) is 0 Å². The molecule has 1 aliphatic rings. The number of hydrogen-bond acceptors (Lipinski definition) is 4. The Morgan fingerprint density at radius 3 is 3.00 bits per heavy atom. The van der Waals surface area contributed by atoms with Gasteiger partial charge in [0.15, 0.2) is 0 Å². The molecule has 1 aromatic carbocycles. The zero-order valence-corrected chi connectivity index (χ0v) is 13.5. The molecule has 0 bridgehead atoms. The quantitative estimate of drug-likeness (QED) is 0.788. The Morgan fingerprint density at radius 1 is 1.50 bits per heavy atom. The summed E-state index contributed by atoms with van der Waals surface area (Å²) in [6.07, 6.45) is 1.88. The van der Waals surface area contributed by atoms with Crippen molar-refractivity contribution in [1.82, 2.24) is 0 Å². The molecule has 0 aliphatic carbocycles. The van der Waals surface area contributed by atoms with Gasteiger partial charge in [0.2, 0.25) is 0 Å². The third kappa shape index (κ3) is 3.45. The summed E-state index contributed by atoms with van der Waals surface area (Å²) in [4.78, 5) is 14.1. The molecule has 1 saturated heterocycles. The fraction of sp³-hybridized carbons (Fsp3) is 0.533. The largest absolute Gasteiger partial charge is 0.495 e. The topological polar surface area (TPSA) is 38.8 Å². The number of carbonyl (C=O) groups excluding carboxylic acids is 1. The van der Waals surface area contributed by atoms with E-state index in [1.807, 2.05) is 25.1 Å². The van der Waals surface area contributed by atoms with E-state index in [-0.39, 0.29) is 11.9 Å². The van der Waals surface area contributed by atoms with E-state index in [0.29, 0.717) is 13.2 Å². The van der Waals surface area contributed by atoms with Crippen LogP contribution in [0.25, 0.3) is 0 Å². The minimum absolute atomic E-state index is 0.0487. The third-order valence-electron chi connectivity index (χ3n) is 3.52. The van der Waals surface area contributed by atoms with Gasteiger partial charge in [-0.05, 0) is 38.0 Å². The van der Waals surface area contributed by atoms with Crippen LogP contribution in [0.1, 0.15) is 19.8 Å².